The van der Waals surface area contributed by atoms with E-state index in [1.165, 1.54) is 12.8 Å². The molecule has 1 saturated carbocycles. The van der Waals surface area contributed by atoms with Crippen LogP contribution in [0.1, 0.15) is 39.0 Å². The van der Waals surface area contributed by atoms with Crippen molar-refractivity contribution in [3.63, 3.8) is 0 Å². The Labute approximate surface area is 108 Å². The summed E-state index contributed by atoms with van der Waals surface area (Å²) < 4.78 is 0.370. The Bertz CT molecular complexity index is 283. The van der Waals surface area contributed by atoms with Crippen LogP contribution in [0.2, 0.25) is 0 Å². The van der Waals surface area contributed by atoms with Crippen molar-refractivity contribution in [3.05, 3.63) is 0 Å². The molecule has 98 valence electrons. The van der Waals surface area contributed by atoms with Crippen LogP contribution in [0.3, 0.4) is 0 Å². The van der Waals surface area contributed by atoms with Gasteiger partial charge in [0.2, 0.25) is 5.91 Å². The Morgan fingerprint density at radius 3 is 2.65 bits per heavy atom. The molecule has 0 aromatic heterocycles. The van der Waals surface area contributed by atoms with Gasteiger partial charge in [0.15, 0.2) is 0 Å². The number of rotatable bonds is 6. The van der Waals surface area contributed by atoms with E-state index in [-0.39, 0.29) is 11.3 Å². The maximum Gasteiger partial charge on any atom is 0.227 e. The van der Waals surface area contributed by atoms with Gasteiger partial charge >= 0.3 is 0 Å². The fraction of sp³-hybridized carbons (Fsp3) is 0.923. The molecule has 4 heteroatoms. The van der Waals surface area contributed by atoms with Gasteiger partial charge in [-0.25, -0.2) is 0 Å². The Morgan fingerprint density at radius 1 is 1.41 bits per heavy atom. The standard InChI is InChI=1S/C13H24N2OS/c1-3-4-12(7-8-14-9-12)11(16)15-10-13(17-2)5-6-13/h14H,3-10H2,1-2H3,(H,15,16). The maximum absolute atomic E-state index is 12.4. The van der Waals surface area contributed by atoms with Gasteiger partial charge in [0.05, 0.1) is 5.41 Å². The molecule has 0 bridgehead atoms. The van der Waals surface area contributed by atoms with Crippen molar-refractivity contribution in [1.82, 2.24) is 10.6 Å². The van der Waals surface area contributed by atoms with Crippen LogP contribution in [0.5, 0.6) is 0 Å². The second kappa shape index (κ2) is 5.19. The number of carbonyl (C=O) groups excluding carboxylic acids is 1. The zero-order valence-electron chi connectivity index (χ0n) is 11.0. The summed E-state index contributed by atoms with van der Waals surface area (Å²) in [6, 6.07) is 0. The van der Waals surface area contributed by atoms with Crippen LogP contribution < -0.4 is 10.6 Å². The number of nitrogens with one attached hydrogen (secondary N) is 2. The largest absolute Gasteiger partial charge is 0.354 e. The molecule has 1 saturated heterocycles. The lowest BCUT2D eigenvalue weighted by atomic mass is 9.81. The van der Waals surface area contributed by atoms with E-state index < -0.39 is 0 Å². The second-order valence-corrected chi connectivity index (χ2v) is 6.80. The highest BCUT2D eigenvalue weighted by Gasteiger charge is 2.45. The van der Waals surface area contributed by atoms with Crippen molar-refractivity contribution in [2.45, 2.75) is 43.8 Å². The highest BCUT2D eigenvalue weighted by Crippen LogP contribution is 2.46. The SMILES string of the molecule is CCCC1(C(=O)NCC2(SC)CC2)CCNC1. The molecule has 2 rings (SSSR count). The lowest BCUT2D eigenvalue weighted by molar-refractivity contribution is -0.130. The van der Waals surface area contributed by atoms with Crippen LogP contribution in [0.15, 0.2) is 0 Å². The van der Waals surface area contributed by atoms with Crippen molar-refractivity contribution >= 4 is 17.7 Å². The summed E-state index contributed by atoms with van der Waals surface area (Å²) in [5, 5.41) is 6.54. The second-order valence-electron chi connectivity index (χ2n) is 5.53. The monoisotopic (exact) mass is 256 g/mol. The zero-order valence-corrected chi connectivity index (χ0v) is 11.8. The third-order valence-electron chi connectivity index (χ3n) is 4.27. The minimum Gasteiger partial charge on any atom is -0.354 e. The molecule has 17 heavy (non-hydrogen) atoms. The van der Waals surface area contributed by atoms with Gasteiger partial charge in [0.25, 0.3) is 0 Å². The van der Waals surface area contributed by atoms with Gasteiger partial charge in [-0.15, -0.1) is 0 Å². The molecular formula is C13H24N2OS. The molecule has 1 aliphatic carbocycles. The quantitative estimate of drug-likeness (QED) is 0.761. The third kappa shape index (κ3) is 2.79. The normalized spacial score (nSPS) is 30.2. The highest BCUT2D eigenvalue weighted by atomic mass is 32.2. The summed E-state index contributed by atoms with van der Waals surface area (Å²) in [6.45, 7) is 4.87. The third-order valence-corrected chi connectivity index (χ3v) is 5.68. The number of hydrogen-bond donors (Lipinski definition) is 2. The van der Waals surface area contributed by atoms with Crippen LogP contribution >= 0.6 is 11.8 Å². The van der Waals surface area contributed by atoms with Crippen LogP contribution in [0, 0.1) is 5.41 Å². The molecule has 0 spiro atoms. The van der Waals surface area contributed by atoms with Gasteiger partial charge in [0, 0.05) is 17.8 Å². The first kappa shape index (κ1) is 13.2. The summed E-state index contributed by atoms with van der Waals surface area (Å²) >= 11 is 1.90. The number of amides is 1. The average molecular weight is 256 g/mol. The molecule has 2 fully saturated rings. The molecule has 1 heterocycles. The predicted octanol–water partition coefficient (Wildman–Crippen LogP) is 1.78. The lowest BCUT2D eigenvalue weighted by Gasteiger charge is -2.27. The predicted molar refractivity (Wildman–Crippen MR) is 73.3 cm³/mol. The van der Waals surface area contributed by atoms with Gasteiger partial charge in [-0.05, 0) is 38.5 Å². The molecule has 1 aliphatic heterocycles. The minimum atomic E-state index is -0.122. The van der Waals surface area contributed by atoms with Crippen molar-refractivity contribution in [2.75, 3.05) is 25.9 Å². The number of carbonyl (C=O) groups is 1. The van der Waals surface area contributed by atoms with E-state index in [9.17, 15) is 4.79 Å². The maximum atomic E-state index is 12.4. The topological polar surface area (TPSA) is 41.1 Å². The molecule has 0 aromatic carbocycles. The van der Waals surface area contributed by atoms with E-state index in [4.69, 9.17) is 0 Å². The Kier molecular flexibility index (Phi) is 4.03. The fourth-order valence-corrected chi connectivity index (χ4v) is 3.49. The molecule has 1 atom stereocenters. The molecule has 1 unspecified atom stereocenters. The van der Waals surface area contributed by atoms with E-state index in [0.717, 1.165) is 38.9 Å². The summed E-state index contributed by atoms with van der Waals surface area (Å²) in [5.41, 5.74) is -0.122. The molecule has 1 amide bonds. The van der Waals surface area contributed by atoms with Crippen LogP contribution in [-0.2, 0) is 4.79 Å². The van der Waals surface area contributed by atoms with Crippen molar-refractivity contribution in [3.8, 4) is 0 Å². The first-order chi connectivity index (χ1) is 8.16. The summed E-state index contributed by atoms with van der Waals surface area (Å²) in [7, 11) is 0. The van der Waals surface area contributed by atoms with E-state index in [1.807, 2.05) is 11.8 Å². The van der Waals surface area contributed by atoms with E-state index in [0.29, 0.717) is 4.75 Å². The van der Waals surface area contributed by atoms with Crippen LogP contribution in [0.4, 0.5) is 0 Å². The highest BCUT2D eigenvalue weighted by molar-refractivity contribution is 8.00. The van der Waals surface area contributed by atoms with Gasteiger partial charge in [-0.3, -0.25) is 4.79 Å². The lowest BCUT2D eigenvalue weighted by Crippen LogP contribution is -2.45. The van der Waals surface area contributed by atoms with Crippen molar-refractivity contribution in [2.24, 2.45) is 5.41 Å². The Morgan fingerprint density at radius 2 is 2.18 bits per heavy atom. The number of hydrogen-bond acceptors (Lipinski definition) is 3. The Hall–Kier alpha value is -0.220. The van der Waals surface area contributed by atoms with E-state index >= 15 is 0 Å². The van der Waals surface area contributed by atoms with Gasteiger partial charge < -0.3 is 10.6 Å². The van der Waals surface area contributed by atoms with Gasteiger partial charge in [0.1, 0.15) is 0 Å². The van der Waals surface area contributed by atoms with Crippen LogP contribution in [0.25, 0.3) is 0 Å². The Balaban J connectivity index is 1.88. The molecule has 3 nitrogen and oxygen atoms in total. The fourth-order valence-electron chi connectivity index (χ4n) is 2.76. The molecule has 0 aromatic rings. The number of thioether (sulfide) groups is 1. The van der Waals surface area contributed by atoms with Crippen LogP contribution in [-0.4, -0.2) is 36.5 Å². The first-order valence-corrected chi connectivity index (χ1v) is 7.93. The van der Waals surface area contributed by atoms with Crippen molar-refractivity contribution in [1.29, 1.82) is 0 Å². The van der Waals surface area contributed by atoms with Gasteiger partial charge in [-0.2, -0.15) is 11.8 Å². The van der Waals surface area contributed by atoms with Gasteiger partial charge in [-0.1, -0.05) is 13.3 Å². The van der Waals surface area contributed by atoms with E-state index in [2.05, 4.69) is 23.8 Å². The zero-order chi connectivity index (χ0) is 12.4. The summed E-state index contributed by atoms with van der Waals surface area (Å²) in [5.74, 6) is 0.282. The first-order valence-electron chi connectivity index (χ1n) is 6.71. The average Bonchev–Trinajstić information content (AvgIpc) is 2.98. The van der Waals surface area contributed by atoms with E-state index in [1.54, 1.807) is 0 Å². The molecular weight excluding hydrogens is 232 g/mol. The minimum absolute atomic E-state index is 0.122. The smallest absolute Gasteiger partial charge is 0.227 e. The summed E-state index contributed by atoms with van der Waals surface area (Å²) in [6.07, 6.45) is 7.76. The molecule has 2 aliphatic rings. The molecule has 2 N–H and O–H groups in total. The molecule has 0 radical (unpaired) electrons. The van der Waals surface area contributed by atoms with Crippen molar-refractivity contribution < 1.29 is 4.79 Å². The summed E-state index contributed by atoms with van der Waals surface area (Å²) in [4.78, 5) is 12.4.